The highest BCUT2D eigenvalue weighted by Gasteiger charge is 2.26. The number of aliphatic hydroxyl groups excluding tert-OH is 1. The highest BCUT2D eigenvalue weighted by molar-refractivity contribution is 8.01. The number of thioether (sulfide) groups is 1. The first-order chi connectivity index (χ1) is 6.79. The van der Waals surface area contributed by atoms with Crippen LogP contribution in [0.15, 0.2) is 4.34 Å². The third-order valence-electron chi connectivity index (χ3n) is 2.15. The molecular formula is C8H13N3OS2. The molecule has 0 saturated carbocycles. The quantitative estimate of drug-likeness (QED) is 0.794. The van der Waals surface area contributed by atoms with Crippen LogP contribution in [0.1, 0.15) is 12.7 Å². The number of hydrogen-bond acceptors (Lipinski definition) is 6. The van der Waals surface area contributed by atoms with Gasteiger partial charge in [0.2, 0.25) is 0 Å². The van der Waals surface area contributed by atoms with Crippen molar-refractivity contribution in [3.63, 3.8) is 0 Å². The minimum atomic E-state index is -0.256. The lowest BCUT2D eigenvalue weighted by Crippen LogP contribution is -2.19. The van der Waals surface area contributed by atoms with E-state index in [1.54, 1.807) is 11.8 Å². The summed E-state index contributed by atoms with van der Waals surface area (Å²) in [5, 5.41) is 13.0. The Kier molecular flexibility index (Phi) is 3.38. The van der Waals surface area contributed by atoms with Gasteiger partial charge in [-0.1, -0.05) is 18.7 Å². The van der Waals surface area contributed by atoms with Crippen molar-refractivity contribution in [2.75, 3.05) is 13.1 Å². The monoisotopic (exact) mass is 231 g/mol. The first kappa shape index (κ1) is 10.4. The van der Waals surface area contributed by atoms with Crippen molar-refractivity contribution in [2.24, 2.45) is 0 Å². The van der Waals surface area contributed by atoms with E-state index in [1.807, 2.05) is 6.92 Å². The van der Waals surface area contributed by atoms with E-state index < -0.39 is 0 Å². The van der Waals surface area contributed by atoms with Gasteiger partial charge in [-0.3, -0.25) is 0 Å². The lowest BCUT2D eigenvalue weighted by Gasteiger charge is -2.09. The van der Waals surface area contributed by atoms with Crippen LogP contribution in [-0.2, 0) is 6.42 Å². The topological polar surface area (TPSA) is 58.0 Å². The molecule has 0 aromatic carbocycles. The molecule has 0 amide bonds. The third kappa shape index (κ3) is 2.25. The maximum atomic E-state index is 9.59. The fourth-order valence-corrected chi connectivity index (χ4v) is 3.35. The van der Waals surface area contributed by atoms with E-state index in [2.05, 4.69) is 14.7 Å². The maximum absolute atomic E-state index is 9.59. The molecule has 2 atom stereocenters. The van der Waals surface area contributed by atoms with Gasteiger partial charge in [0.05, 0.1) is 11.4 Å². The van der Waals surface area contributed by atoms with Crippen molar-refractivity contribution in [2.45, 2.75) is 29.0 Å². The molecule has 1 saturated heterocycles. The third-order valence-corrected chi connectivity index (χ3v) is 4.28. The SMILES string of the molecule is CCc1nsc(SC2CNCC2O)n1. The van der Waals surface area contributed by atoms with E-state index in [0.29, 0.717) is 6.54 Å². The zero-order chi connectivity index (χ0) is 9.97. The summed E-state index contributed by atoms with van der Waals surface area (Å²) in [5.74, 6) is 0.901. The summed E-state index contributed by atoms with van der Waals surface area (Å²) in [5.41, 5.74) is 0. The molecule has 1 aliphatic heterocycles. The second-order valence-electron chi connectivity index (χ2n) is 3.21. The van der Waals surface area contributed by atoms with Gasteiger partial charge in [0.15, 0.2) is 4.34 Å². The van der Waals surface area contributed by atoms with Gasteiger partial charge in [0.1, 0.15) is 5.82 Å². The van der Waals surface area contributed by atoms with E-state index in [9.17, 15) is 5.11 Å². The molecule has 0 aliphatic carbocycles. The second-order valence-corrected chi connectivity index (χ2v) is 5.45. The molecule has 14 heavy (non-hydrogen) atoms. The summed E-state index contributed by atoms with van der Waals surface area (Å²) in [6.07, 6.45) is 0.622. The number of nitrogens with one attached hydrogen (secondary N) is 1. The number of β-amino-alcohol motifs (C(OH)–C–C–N with tert-alkyl or cyclic N) is 1. The minimum absolute atomic E-state index is 0.229. The largest absolute Gasteiger partial charge is 0.391 e. The van der Waals surface area contributed by atoms with Crippen molar-refractivity contribution in [1.29, 1.82) is 0 Å². The normalized spacial score (nSPS) is 27.0. The summed E-state index contributed by atoms with van der Waals surface area (Å²) < 4.78 is 5.18. The number of nitrogens with zero attached hydrogens (tertiary/aromatic N) is 2. The van der Waals surface area contributed by atoms with Crippen molar-refractivity contribution in [3.8, 4) is 0 Å². The molecule has 2 N–H and O–H groups in total. The Morgan fingerprint density at radius 1 is 1.64 bits per heavy atom. The van der Waals surface area contributed by atoms with Crippen LogP contribution >= 0.6 is 23.3 Å². The van der Waals surface area contributed by atoms with E-state index in [4.69, 9.17) is 0 Å². The van der Waals surface area contributed by atoms with Gasteiger partial charge in [-0.25, -0.2) is 4.98 Å². The molecule has 1 aromatic rings. The van der Waals surface area contributed by atoms with Crippen molar-refractivity contribution in [1.82, 2.24) is 14.7 Å². The summed E-state index contributed by atoms with van der Waals surface area (Å²) in [6, 6.07) is 0. The van der Waals surface area contributed by atoms with Crippen LogP contribution in [0.3, 0.4) is 0 Å². The average Bonchev–Trinajstić information content (AvgIpc) is 2.77. The number of hydrogen-bond donors (Lipinski definition) is 2. The summed E-state index contributed by atoms with van der Waals surface area (Å²) in [4.78, 5) is 4.36. The molecule has 6 heteroatoms. The first-order valence-corrected chi connectivity index (χ1v) is 6.33. The highest BCUT2D eigenvalue weighted by Crippen LogP contribution is 2.28. The Morgan fingerprint density at radius 3 is 3.07 bits per heavy atom. The van der Waals surface area contributed by atoms with Gasteiger partial charge in [-0.15, -0.1) is 0 Å². The lowest BCUT2D eigenvalue weighted by atomic mass is 10.3. The zero-order valence-corrected chi connectivity index (χ0v) is 9.57. The van der Waals surface area contributed by atoms with Crippen LogP contribution in [-0.4, -0.2) is 38.9 Å². The van der Waals surface area contributed by atoms with Crippen LogP contribution in [0, 0.1) is 0 Å². The smallest absolute Gasteiger partial charge is 0.170 e. The summed E-state index contributed by atoms with van der Waals surface area (Å²) >= 11 is 3.05. The fourth-order valence-electron chi connectivity index (χ4n) is 1.32. The number of rotatable bonds is 3. The number of aryl methyl sites for hydroxylation is 1. The van der Waals surface area contributed by atoms with E-state index in [-0.39, 0.29) is 11.4 Å². The molecule has 2 unspecified atom stereocenters. The van der Waals surface area contributed by atoms with Gasteiger partial charge in [0.25, 0.3) is 0 Å². The van der Waals surface area contributed by atoms with Gasteiger partial charge >= 0.3 is 0 Å². The van der Waals surface area contributed by atoms with Gasteiger partial charge in [-0.2, -0.15) is 4.37 Å². The Bertz CT molecular complexity index is 305. The van der Waals surface area contributed by atoms with Crippen molar-refractivity contribution in [3.05, 3.63) is 5.82 Å². The van der Waals surface area contributed by atoms with E-state index in [0.717, 1.165) is 23.1 Å². The van der Waals surface area contributed by atoms with Crippen LogP contribution in [0.25, 0.3) is 0 Å². The fraction of sp³-hybridized carbons (Fsp3) is 0.750. The van der Waals surface area contributed by atoms with Crippen molar-refractivity contribution >= 4 is 23.3 Å². The molecule has 0 bridgehead atoms. The number of aromatic nitrogens is 2. The van der Waals surface area contributed by atoms with Crippen LogP contribution in [0.2, 0.25) is 0 Å². The van der Waals surface area contributed by atoms with Gasteiger partial charge in [-0.05, 0) is 11.5 Å². The summed E-state index contributed by atoms with van der Waals surface area (Å²) in [7, 11) is 0. The molecule has 4 nitrogen and oxygen atoms in total. The second kappa shape index (κ2) is 4.57. The van der Waals surface area contributed by atoms with Crippen LogP contribution in [0.4, 0.5) is 0 Å². The molecule has 2 heterocycles. The van der Waals surface area contributed by atoms with Crippen LogP contribution < -0.4 is 5.32 Å². The molecule has 0 radical (unpaired) electrons. The highest BCUT2D eigenvalue weighted by atomic mass is 32.2. The average molecular weight is 231 g/mol. The molecule has 2 rings (SSSR count). The van der Waals surface area contributed by atoms with Crippen molar-refractivity contribution < 1.29 is 5.11 Å². The molecule has 1 aromatic heterocycles. The lowest BCUT2D eigenvalue weighted by molar-refractivity contribution is 0.201. The summed E-state index contributed by atoms with van der Waals surface area (Å²) in [6.45, 7) is 3.59. The Morgan fingerprint density at radius 2 is 2.50 bits per heavy atom. The Balaban J connectivity index is 1.96. The van der Waals surface area contributed by atoms with Crippen LogP contribution in [0.5, 0.6) is 0 Å². The van der Waals surface area contributed by atoms with E-state index >= 15 is 0 Å². The molecule has 1 aliphatic rings. The Hall–Kier alpha value is -0.170. The maximum Gasteiger partial charge on any atom is 0.170 e. The predicted octanol–water partition coefficient (Wildman–Crippen LogP) is 0.525. The standard InChI is InChI=1S/C8H13N3OS2/c1-2-7-10-8(14-11-7)13-6-4-9-3-5(6)12/h5-6,9,12H,2-4H2,1H3. The molecular weight excluding hydrogens is 218 g/mol. The molecule has 78 valence electrons. The Labute approximate surface area is 91.3 Å². The van der Waals surface area contributed by atoms with E-state index in [1.165, 1.54) is 11.5 Å². The zero-order valence-electron chi connectivity index (χ0n) is 7.93. The number of aliphatic hydroxyl groups is 1. The first-order valence-electron chi connectivity index (χ1n) is 4.67. The van der Waals surface area contributed by atoms with Gasteiger partial charge < -0.3 is 10.4 Å². The molecule has 1 fully saturated rings. The predicted molar refractivity (Wildman–Crippen MR) is 57.8 cm³/mol. The molecule has 0 spiro atoms. The minimum Gasteiger partial charge on any atom is -0.391 e. The van der Waals surface area contributed by atoms with Gasteiger partial charge in [0, 0.05) is 19.5 Å².